The molecule has 0 unspecified atom stereocenters. The highest BCUT2D eigenvalue weighted by Crippen LogP contribution is 2.15. The Morgan fingerprint density at radius 1 is 1.28 bits per heavy atom. The van der Waals surface area contributed by atoms with Crippen molar-refractivity contribution >= 4 is 29.1 Å². The molecule has 0 fully saturated rings. The van der Waals surface area contributed by atoms with E-state index in [1.807, 2.05) is 6.92 Å². The maximum atomic E-state index is 11.9. The van der Waals surface area contributed by atoms with Crippen molar-refractivity contribution in [3.63, 3.8) is 0 Å². The summed E-state index contributed by atoms with van der Waals surface area (Å²) < 4.78 is 0. The molecule has 0 radical (unpaired) electrons. The van der Waals surface area contributed by atoms with Crippen LogP contribution in [0, 0.1) is 0 Å². The minimum atomic E-state index is -0.194. The van der Waals surface area contributed by atoms with Crippen LogP contribution in [0.2, 0.25) is 0 Å². The number of alkyl halides is 1. The second kappa shape index (κ2) is 7.71. The van der Waals surface area contributed by atoms with Gasteiger partial charge >= 0.3 is 0 Å². The monoisotopic (exact) mass is 268 g/mol. The molecule has 1 aromatic carbocycles. The van der Waals surface area contributed by atoms with Crippen LogP contribution in [0.5, 0.6) is 0 Å². The summed E-state index contributed by atoms with van der Waals surface area (Å²) in [6, 6.07) is 6.92. The molecule has 0 saturated carbocycles. The zero-order valence-electron chi connectivity index (χ0n) is 10.3. The molecule has 0 atom stereocenters. The summed E-state index contributed by atoms with van der Waals surface area (Å²) in [6.45, 7) is 2.59. The first-order chi connectivity index (χ1) is 8.69. The lowest BCUT2D eigenvalue weighted by Gasteiger charge is -2.10. The van der Waals surface area contributed by atoms with Crippen LogP contribution in [-0.4, -0.2) is 24.2 Å². The van der Waals surface area contributed by atoms with Crippen molar-refractivity contribution in [1.29, 1.82) is 0 Å². The van der Waals surface area contributed by atoms with E-state index in [1.54, 1.807) is 24.3 Å². The van der Waals surface area contributed by atoms with Crippen LogP contribution in [0.3, 0.4) is 0 Å². The van der Waals surface area contributed by atoms with Crippen molar-refractivity contribution in [3.8, 4) is 0 Å². The second-order valence-corrected chi connectivity index (χ2v) is 4.17. The molecule has 0 heterocycles. The third kappa shape index (κ3) is 4.37. The SMILES string of the molecule is CCCNC(=O)c1ccccc1NC(=O)CCCl. The van der Waals surface area contributed by atoms with Gasteiger partial charge in [0, 0.05) is 18.8 Å². The van der Waals surface area contributed by atoms with Crippen molar-refractivity contribution in [3.05, 3.63) is 29.8 Å². The number of carbonyl (C=O) groups excluding carboxylic acids is 2. The van der Waals surface area contributed by atoms with Gasteiger partial charge in [-0.25, -0.2) is 0 Å². The first kappa shape index (κ1) is 14.5. The zero-order valence-corrected chi connectivity index (χ0v) is 11.1. The molecule has 2 N–H and O–H groups in total. The predicted molar refractivity (Wildman–Crippen MR) is 73.0 cm³/mol. The lowest BCUT2D eigenvalue weighted by molar-refractivity contribution is -0.115. The van der Waals surface area contributed by atoms with Crippen LogP contribution in [0.15, 0.2) is 24.3 Å². The van der Waals surface area contributed by atoms with E-state index in [2.05, 4.69) is 10.6 Å². The van der Waals surface area contributed by atoms with E-state index in [0.717, 1.165) is 6.42 Å². The van der Waals surface area contributed by atoms with Crippen LogP contribution in [0.25, 0.3) is 0 Å². The molecule has 0 saturated heterocycles. The number of anilines is 1. The Morgan fingerprint density at radius 3 is 2.67 bits per heavy atom. The average molecular weight is 269 g/mol. The van der Waals surface area contributed by atoms with Gasteiger partial charge in [-0.15, -0.1) is 11.6 Å². The first-order valence-corrected chi connectivity index (χ1v) is 6.45. The highest BCUT2D eigenvalue weighted by atomic mass is 35.5. The van der Waals surface area contributed by atoms with Gasteiger partial charge in [0.1, 0.15) is 0 Å². The number of hydrogen-bond donors (Lipinski definition) is 2. The minimum Gasteiger partial charge on any atom is -0.352 e. The molecule has 18 heavy (non-hydrogen) atoms. The quantitative estimate of drug-likeness (QED) is 0.779. The van der Waals surface area contributed by atoms with Gasteiger partial charge < -0.3 is 10.6 Å². The number of nitrogens with one attached hydrogen (secondary N) is 2. The van der Waals surface area contributed by atoms with Gasteiger partial charge in [-0.1, -0.05) is 19.1 Å². The van der Waals surface area contributed by atoms with Gasteiger partial charge in [0.2, 0.25) is 5.91 Å². The second-order valence-electron chi connectivity index (χ2n) is 3.79. The molecule has 1 aromatic rings. The summed E-state index contributed by atoms with van der Waals surface area (Å²) in [4.78, 5) is 23.3. The van der Waals surface area contributed by atoms with Gasteiger partial charge in [-0.2, -0.15) is 0 Å². The van der Waals surface area contributed by atoms with E-state index in [9.17, 15) is 9.59 Å². The van der Waals surface area contributed by atoms with Crippen LogP contribution < -0.4 is 10.6 Å². The number of benzene rings is 1. The van der Waals surface area contributed by atoms with Crippen molar-refractivity contribution in [1.82, 2.24) is 5.32 Å². The molecule has 0 aliphatic rings. The Kier molecular flexibility index (Phi) is 6.22. The maximum Gasteiger partial charge on any atom is 0.253 e. The van der Waals surface area contributed by atoms with E-state index in [1.165, 1.54) is 0 Å². The molecular formula is C13H17ClN2O2. The Balaban J connectivity index is 2.79. The summed E-state index contributed by atoms with van der Waals surface area (Å²) in [5.41, 5.74) is 0.982. The predicted octanol–water partition coefficient (Wildman–Crippen LogP) is 2.39. The van der Waals surface area contributed by atoms with Gasteiger partial charge in [0.05, 0.1) is 11.3 Å². The Hall–Kier alpha value is -1.55. The standard InChI is InChI=1S/C13H17ClN2O2/c1-2-9-15-13(18)10-5-3-4-6-11(10)16-12(17)7-8-14/h3-6H,2,7-9H2,1H3,(H,15,18)(H,16,17). The van der Waals surface area contributed by atoms with Crippen molar-refractivity contribution < 1.29 is 9.59 Å². The fourth-order valence-corrected chi connectivity index (χ4v) is 1.59. The van der Waals surface area contributed by atoms with E-state index in [4.69, 9.17) is 11.6 Å². The normalized spacial score (nSPS) is 9.89. The largest absolute Gasteiger partial charge is 0.352 e. The summed E-state index contributed by atoms with van der Waals surface area (Å²) >= 11 is 5.49. The van der Waals surface area contributed by atoms with Gasteiger partial charge in [-0.3, -0.25) is 9.59 Å². The number of amides is 2. The summed E-state index contributed by atoms with van der Waals surface area (Å²) in [7, 11) is 0. The van der Waals surface area contributed by atoms with Gasteiger partial charge in [0.15, 0.2) is 0 Å². The molecule has 0 aliphatic carbocycles. The Morgan fingerprint density at radius 2 is 2.00 bits per heavy atom. The lowest BCUT2D eigenvalue weighted by Crippen LogP contribution is -2.25. The molecule has 98 valence electrons. The number of para-hydroxylation sites is 1. The highest BCUT2D eigenvalue weighted by molar-refractivity contribution is 6.19. The van der Waals surface area contributed by atoms with Crippen LogP contribution in [0.1, 0.15) is 30.1 Å². The summed E-state index contributed by atoms with van der Waals surface area (Å²) in [5, 5.41) is 5.46. The fourth-order valence-electron chi connectivity index (χ4n) is 1.42. The molecule has 0 spiro atoms. The fraction of sp³-hybridized carbons (Fsp3) is 0.385. The number of carbonyl (C=O) groups is 2. The molecular weight excluding hydrogens is 252 g/mol. The number of rotatable bonds is 6. The molecule has 4 nitrogen and oxygen atoms in total. The van der Waals surface area contributed by atoms with Gasteiger partial charge in [0.25, 0.3) is 5.91 Å². The van der Waals surface area contributed by atoms with E-state index < -0.39 is 0 Å². The van der Waals surface area contributed by atoms with E-state index in [-0.39, 0.29) is 24.1 Å². The van der Waals surface area contributed by atoms with E-state index >= 15 is 0 Å². The molecule has 0 aliphatic heterocycles. The first-order valence-electron chi connectivity index (χ1n) is 5.92. The third-order valence-corrected chi connectivity index (χ3v) is 2.49. The smallest absolute Gasteiger partial charge is 0.253 e. The van der Waals surface area contributed by atoms with Crippen LogP contribution in [0.4, 0.5) is 5.69 Å². The molecule has 0 bridgehead atoms. The van der Waals surface area contributed by atoms with E-state index in [0.29, 0.717) is 17.8 Å². The Labute approximate surface area is 112 Å². The minimum absolute atomic E-state index is 0.182. The van der Waals surface area contributed by atoms with Crippen molar-refractivity contribution in [2.75, 3.05) is 17.7 Å². The highest BCUT2D eigenvalue weighted by Gasteiger charge is 2.11. The molecule has 5 heteroatoms. The Bertz CT molecular complexity index is 421. The molecule has 2 amide bonds. The van der Waals surface area contributed by atoms with Crippen molar-refractivity contribution in [2.45, 2.75) is 19.8 Å². The van der Waals surface area contributed by atoms with Crippen molar-refractivity contribution in [2.24, 2.45) is 0 Å². The van der Waals surface area contributed by atoms with Crippen LogP contribution in [-0.2, 0) is 4.79 Å². The lowest BCUT2D eigenvalue weighted by atomic mass is 10.1. The number of hydrogen-bond acceptors (Lipinski definition) is 2. The van der Waals surface area contributed by atoms with Crippen LogP contribution >= 0.6 is 11.6 Å². The third-order valence-electron chi connectivity index (χ3n) is 2.30. The number of halogens is 1. The van der Waals surface area contributed by atoms with Gasteiger partial charge in [-0.05, 0) is 18.6 Å². The molecule has 1 rings (SSSR count). The molecule has 0 aromatic heterocycles. The maximum absolute atomic E-state index is 11.9. The summed E-state index contributed by atoms with van der Waals surface area (Å²) in [5.74, 6) is -0.116. The topological polar surface area (TPSA) is 58.2 Å². The average Bonchev–Trinajstić information content (AvgIpc) is 2.37. The zero-order chi connectivity index (χ0) is 13.4. The summed E-state index contributed by atoms with van der Waals surface area (Å²) in [6.07, 6.45) is 1.10.